The van der Waals surface area contributed by atoms with Gasteiger partial charge in [0.2, 0.25) is 0 Å². The second-order valence-electron chi connectivity index (χ2n) is 8.38. The Morgan fingerprint density at radius 2 is 1.37 bits per heavy atom. The zero-order valence-corrected chi connectivity index (χ0v) is 23.0. The van der Waals surface area contributed by atoms with Gasteiger partial charge in [-0.3, -0.25) is 14.2 Å². The molecule has 0 spiro atoms. The molecule has 0 saturated heterocycles. The van der Waals surface area contributed by atoms with Gasteiger partial charge >= 0.3 is 0 Å². The average Bonchev–Trinajstić information content (AvgIpc) is 3.62. The first-order chi connectivity index (χ1) is 18.2. The second kappa shape index (κ2) is 10.7. The van der Waals surface area contributed by atoms with E-state index in [1.54, 1.807) is 22.9 Å². The topological polar surface area (TPSA) is 134 Å². The molecule has 4 aromatic rings. The first-order valence-electron chi connectivity index (χ1n) is 11.4. The Balaban J connectivity index is 1.46. The monoisotopic (exact) mass is 586 g/mol. The summed E-state index contributed by atoms with van der Waals surface area (Å²) in [7, 11) is -7.89. The number of nitrogens with zero attached hydrogens (tertiary/aromatic N) is 1. The molecule has 2 aromatic carbocycles. The van der Waals surface area contributed by atoms with Crippen LogP contribution in [-0.2, 0) is 26.5 Å². The van der Waals surface area contributed by atoms with Gasteiger partial charge < -0.3 is 0 Å². The van der Waals surface area contributed by atoms with Gasteiger partial charge in [0.05, 0.1) is 17.1 Å². The predicted octanol–water partition coefficient (Wildman–Crippen LogP) is 4.88. The number of nitrogens with one attached hydrogen (secondary N) is 3. The minimum Gasteiger partial charge on any atom is -0.279 e. The number of fused-ring (bicyclic) bond motifs is 1. The van der Waals surface area contributed by atoms with Gasteiger partial charge in [-0.1, -0.05) is 36.4 Å². The fraction of sp³-hybridized carbons (Fsp3) is 0.120. The summed E-state index contributed by atoms with van der Waals surface area (Å²) in [5.74, 6) is -0.616. The third-order valence-corrected chi connectivity index (χ3v) is 11.3. The molecule has 5 rings (SSSR count). The van der Waals surface area contributed by atoms with Crippen molar-refractivity contribution in [3.8, 4) is 0 Å². The van der Waals surface area contributed by atoms with Crippen molar-refractivity contribution < 1.29 is 21.6 Å². The molecule has 0 bridgehead atoms. The SMILES string of the molecule is O=C(NN=C1CCCc2ccccc21)c1cc(NS(=O)(=O)c2cccs2)cc(NS(=O)(=O)c2cccs2)c1. The van der Waals surface area contributed by atoms with E-state index in [1.165, 1.54) is 30.3 Å². The van der Waals surface area contributed by atoms with Crippen LogP contribution in [0.2, 0.25) is 0 Å². The minimum absolute atomic E-state index is 0.0191. The van der Waals surface area contributed by atoms with E-state index in [4.69, 9.17) is 0 Å². The molecule has 1 amide bonds. The number of aryl methyl sites for hydroxylation is 1. The van der Waals surface area contributed by atoms with Gasteiger partial charge in [0.15, 0.2) is 0 Å². The molecule has 0 aliphatic heterocycles. The summed E-state index contributed by atoms with van der Waals surface area (Å²) in [6.45, 7) is 0. The molecule has 2 aromatic heterocycles. The van der Waals surface area contributed by atoms with Crippen LogP contribution in [0.1, 0.15) is 34.3 Å². The van der Waals surface area contributed by atoms with Crippen LogP contribution < -0.4 is 14.9 Å². The lowest BCUT2D eigenvalue weighted by Gasteiger charge is -2.17. The largest absolute Gasteiger partial charge is 0.279 e. The summed E-state index contributed by atoms with van der Waals surface area (Å²) in [6, 6.07) is 17.9. The Kier molecular flexibility index (Phi) is 7.34. The number of benzene rings is 2. The lowest BCUT2D eigenvalue weighted by molar-refractivity contribution is 0.0954. The zero-order valence-electron chi connectivity index (χ0n) is 19.7. The molecule has 0 unspecified atom stereocenters. The Bertz CT molecular complexity index is 1630. The number of amides is 1. The number of carbonyl (C=O) groups excluding carboxylic acids is 1. The quantitative estimate of drug-likeness (QED) is 0.253. The van der Waals surface area contributed by atoms with Crippen LogP contribution in [0.25, 0.3) is 0 Å². The number of hydrogen-bond acceptors (Lipinski definition) is 8. The summed E-state index contributed by atoms with van der Waals surface area (Å²) >= 11 is 2.07. The number of thiophene rings is 2. The highest BCUT2D eigenvalue weighted by Gasteiger charge is 2.21. The molecule has 0 radical (unpaired) electrons. The van der Waals surface area contributed by atoms with Crippen LogP contribution in [-0.4, -0.2) is 28.5 Å². The molecular weight excluding hydrogens is 565 g/mol. The molecule has 9 nitrogen and oxygen atoms in total. The number of sulfonamides is 2. The van der Waals surface area contributed by atoms with E-state index < -0.39 is 26.0 Å². The summed E-state index contributed by atoms with van der Waals surface area (Å²) in [4.78, 5) is 13.1. The standard InChI is InChI=1S/C25H22N4O5S4/c30-25(27-26-22-9-3-7-17-6-1-2-8-21(17)22)18-14-19(28-37(31,32)23-10-4-12-35-23)16-20(15-18)29-38(33,34)24-11-5-13-36-24/h1-2,4-6,8,10-16,28-29H,3,7,9H2,(H,27,30). The summed E-state index contributed by atoms with van der Waals surface area (Å²) in [5, 5.41) is 7.59. The third-order valence-electron chi connectivity index (χ3n) is 5.70. The number of rotatable bonds is 8. The van der Waals surface area contributed by atoms with Crippen LogP contribution >= 0.6 is 22.7 Å². The van der Waals surface area contributed by atoms with Gasteiger partial charge in [0.1, 0.15) is 8.42 Å². The van der Waals surface area contributed by atoms with E-state index in [0.29, 0.717) is 6.42 Å². The van der Waals surface area contributed by atoms with Crippen molar-refractivity contribution in [1.29, 1.82) is 0 Å². The van der Waals surface area contributed by atoms with Gasteiger partial charge in [-0.15, -0.1) is 22.7 Å². The molecule has 196 valence electrons. The van der Waals surface area contributed by atoms with Crippen molar-refractivity contribution in [2.45, 2.75) is 27.7 Å². The Labute approximate surface area is 228 Å². The second-order valence-corrected chi connectivity index (χ2v) is 14.1. The Morgan fingerprint density at radius 3 is 1.95 bits per heavy atom. The maximum atomic E-state index is 13.1. The van der Waals surface area contributed by atoms with E-state index in [1.807, 2.05) is 24.3 Å². The van der Waals surface area contributed by atoms with Gasteiger partial charge in [-0.05, 0) is 65.9 Å². The van der Waals surface area contributed by atoms with Gasteiger partial charge in [-0.25, -0.2) is 22.3 Å². The van der Waals surface area contributed by atoms with Gasteiger partial charge in [0.25, 0.3) is 26.0 Å². The molecule has 0 fully saturated rings. The average molecular weight is 587 g/mol. The highest BCUT2D eigenvalue weighted by molar-refractivity contribution is 7.95. The lowest BCUT2D eigenvalue weighted by atomic mass is 9.90. The molecule has 13 heteroatoms. The fourth-order valence-electron chi connectivity index (χ4n) is 4.02. The normalized spacial score (nSPS) is 14.6. The fourth-order valence-corrected chi connectivity index (χ4v) is 8.09. The highest BCUT2D eigenvalue weighted by atomic mass is 32.3. The first kappa shape index (κ1) is 26.1. The van der Waals surface area contributed by atoms with Crippen molar-refractivity contribution in [1.82, 2.24) is 5.43 Å². The number of hydrazone groups is 1. The van der Waals surface area contributed by atoms with Crippen LogP contribution in [0, 0.1) is 0 Å². The molecule has 38 heavy (non-hydrogen) atoms. The van der Waals surface area contributed by atoms with Gasteiger partial charge in [-0.2, -0.15) is 5.10 Å². The molecule has 0 saturated carbocycles. The molecular formula is C25H22N4O5S4. The third kappa shape index (κ3) is 5.80. The van der Waals surface area contributed by atoms with Crippen LogP contribution in [0.4, 0.5) is 11.4 Å². The van der Waals surface area contributed by atoms with Crippen molar-refractivity contribution >= 4 is 65.7 Å². The van der Waals surface area contributed by atoms with Crippen molar-refractivity contribution in [2.75, 3.05) is 9.44 Å². The number of anilines is 2. The molecule has 2 heterocycles. The van der Waals surface area contributed by atoms with Crippen molar-refractivity contribution in [3.63, 3.8) is 0 Å². The first-order valence-corrected chi connectivity index (χ1v) is 16.2. The maximum absolute atomic E-state index is 13.1. The summed E-state index contributed by atoms with van der Waals surface area (Å²) in [6.07, 6.45) is 2.54. The maximum Gasteiger partial charge on any atom is 0.271 e. The Morgan fingerprint density at radius 1 is 0.763 bits per heavy atom. The predicted molar refractivity (Wildman–Crippen MR) is 150 cm³/mol. The van der Waals surface area contributed by atoms with E-state index >= 15 is 0 Å². The minimum atomic E-state index is -3.94. The summed E-state index contributed by atoms with van der Waals surface area (Å²) in [5.41, 5.74) is 5.48. The Hall–Kier alpha value is -3.52. The molecule has 1 aliphatic carbocycles. The number of hydrogen-bond donors (Lipinski definition) is 3. The van der Waals surface area contributed by atoms with Crippen molar-refractivity contribution in [3.05, 3.63) is 94.2 Å². The number of carbonyl (C=O) groups is 1. The van der Waals surface area contributed by atoms with Crippen molar-refractivity contribution in [2.24, 2.45) is 5.10 Å². The van der Waals surface area contributed by atoms with E-state index in [2.05, 4.69) is 20.0 Å². The van der Waals surface area contributed by atoms with E-state index in [9.17, 15) is 21.6 Å². The highest BCUT2D eigenvalue weighted by Crippen LogP contribution is 2.27. The van der Waals surface area contributed by atoms with Crippen LogP contribution in [0.15, 0.2) is 91.0 Å². The zero-order chi connectivity index (χ0) is 26.8. The van der Waals surface area contributed by atoms with Gasteiger partial charge in [0, 0.05) is 11.1 Å². The molecule has 3 N–H and O–H groups in total. The van der Waals surface area contributed by atoms with E-state index in [0.717, 1.165) is 52.4 Å². The van der Waals surface area contributed by atoms with Crippen LogP contribution in [0.3, 0.4) is 0 Å². The summed E-state index contributed by atoms with van der Waals surface area (Å²) < 4.78 is 56.3. The lowest BCUT2D eigenvalue weighted by Crippen LogP contribution is -2.23. The van der Waals surface area contributed by atoms with E-state index in [-0.39, 0.29) is 25.4 Å². The smallest absolute Gasteiger partial charge is 0.271 e. The van der Waals surface area contributed by atoms with Crippen LogP contribution in [0.5, 0.6) is 0 Å². The molecule has 0 atom stereocenters. The molecule has 1 aliphatic rings.